The third-order valence-corrected chi connectivity index (χ3v) is 5.39. The lowest BCUT2D eigenvalue weighted by atomic mass is 9.87. The van der Waals surface area contributed by atoms with Crippen LogP contribution in [0.2, 0.25) is 0 Å². The molecule has 5 heteroatoms. The second-order valence-corrected chi connectivity index (χ2v) is 8.66. The average Bonchev–Trinajstić information content (AvgIpc) is 3.05. The highest BCUT2D eigenvalue weighted by molar-refractivity contribution is 7.99. The molecule has 4 rings (SSSR count). The van der Waals surface area contributed by atoms with Crippen LogP contribution in [-0.2, 0) is 5.41 Å². The minimum atomic E-state index is -0.0193. The monoisotopic (exact) mass is 375 g/mol. The topological polar surface area (TPSA) is 50.9 Å². The molecule has 0 fully saturated rings. The predicted molar refractivity (Wildman–Crippen MR) is 110 cm³/mol. The van der Waals surface area contributed by atoms with Crippen molar-refractivity contribution < 1.29 is 5.11 Å². The molecule has 0 unspecified atom stereocenters. The number of nitrogens with zero attached hydrogens (tertiary/aromatic N) is 3. The Morgan fingerprint density at radius 1 is 0.815 bits per heavy atom. The van der Waals surface area contributed by atoms with E-state index in [4.69, 9.17) is 0 Å². The quantitative estimate of drug-likeness (QED) is 0.508. The van der Waals surface area contributed by atoms with Crippen molar-refractivity contribution in [3.8, 4) is 11.4 Å². The van der Waals surface area contributed by atoms with Crippen LogP contribution >= 0.6 is 11.8 Å². The molecular weight excluding hydrogens is 354 g/mol. The van der Waals surface area contributed by atoms with Crippen molar-refractivity contribution in [3.05, 3.63) is 72.3 Å². The fourth-order valence-electron chi connectivity index (χ4n) is 2.84. The smallest absolute Gasteiger partial charge is 0.143 e. The van der Waals surface area contributed by atoms with Crippen molar-refractivity contribution in [2.75, 3.05) is 0 Å². The molecule has 0 aliphatic carbocycles. The fraction of sp³-hybridized carbons (Fsp3) is 0.182. The number of rotatable bonds is 3. The van der Waals surface area contributed by atoms with Gasteiger partial charge in [0.2, 0.25) is 0 Å². The number of phenolic OH excluding ortho intramolecular Hbond substituents is 1. The minimum Gasteiger partial charge on any atom is -0.506 e. The largest absolute Gasteiger partial charge is 0.506 e. The van der Waals surface area contributed by atoms with Crippen LogP contribution < -0.4 is 0 Å². The lowest BCUT2D eigenvalue weighted by molar-refractivity contribution is 0.466. The van der Waals surface area contributed by atoms with Gasteiger partial charge in [0.05, 0.1) is 0 Å². The summed E-state index contributed by atoms with van der Waals surface area (Å²) in [5.74, 6) is 0.169. The van der Waals surface area contributed by atoms with Crippen molar-refractivity contribution >= 4 is 22.8 Å². The number of aromatic nitrogens is 3. The Hall–Kier alpha value is -2.79. The molecule has 0 amide bonds. The first-order valence-electron chi connectivity index (χ1n) is 8.84. The predicted octanol–water partition coefficient (Wildman–Crippen LogP) is 5.57. The molecule has 0 atom stereocenters. The third kappa shape index (κ3) is 3.69. The van der Waals surface area contributed by atoms with Gasteiger partial charge in [-0.2, -0.15) is 0 Å². The molecule has 0 spiro atoms. The summed E-state index contributed by atoms with van der Waals surface area (Å²) in [6.45, 7) is 6.43. The molecule has 0 radical (unpaired) electrons. The van der Waals surface area contributed by atoms with Crippen molar-refractivity contribution in [1.82, 2.24) is 15.0 Å². The van der Waals surface area contributed by atoms with E-state index in [1.54, 1.807) is 17.8 Å². The highest BCUT2D eigenvalue weighted by Gasteiger charge is 2.17. The standard InChI is InChI=1S/C22H21N3OS/c1-22(2,3)15-9-12-21(26)20(13-15)25-23-18-11-10-17(14-19(18)24-25)27-16-7-5-4-6-8-16/h4-14,26H,1-3H3. The summed E-state index contributed by atoms with van der Waals surface area (Å²) in [5, 5.41) is 19.5. The number of hydrogen-bond acceptors (Lipinski definition) is 4. The molecule has 0 aliphatic heterocycles. The Morgan fingerprint density at radius 3 is 2.30 bits per heavy atom. The lowest BCUT2D eigenvalue weighted by Crippen LogP contribution is -2.12. The van der Waals surface area contributed by atoms with Crippen LogP contribution in [0.4, 0.5) is 0 Å². The molecule has 4 nitrogen and oxygen atoms in total. The summed E-state index contributed by atoms with van der Waals surface area (Å²) in [7, 11) is 0. The summed E-state index contributed by atoms with van der Waals surface area (Å²) in [6.07, 6.45) is 0. The van der Waals surface area contributed by atoms with Crippen LogP contribution in [0.25, 0.3) is 16.7 Å². The summed E-state index contributed by atoms with van der Waals surface area (Å²) in [5.41, 5.74) is 3.30. The van der Waals surface area contributed by atoms with Crippen molar-refractivity contribution in [3.63, 3.8) is 0 Å². The van der Waals surface area contributed by atoms with E-state index < -0.39 is 0 Å². The highest BCUT2D eigenvalue weighted by atomic mass is 32.2. The molecule has 1 N–H and O–H groups in total. The number of phenols is 1. The maximum atomic E-state index is 10.3. The van der Waals surface area contributed by atoms with Crippen molar-refractivity contribution in [1.29, 1.82) is 0 Å². The Morgan fingerprint density at radius 2 is 1.56 bits per heavy atom. The van der Waals surface area contributed by atoms with Gasteiger partial charge in [0, 0.05) is 9.79 Å². The molecule has 3 aromatic carbocycles. The maximum absolute atomic E-state index is 10.3. The van der Waals surface area contributed by atoms with Gasteiger partial charge in [-0.05, 0) is 53.4 Å². The van der Waals surface area contributed by atoms with Crippen LogP contribution in [-0.4, -0.2) is 20.1 Å². The molecule has 0 bridgehead atoms. The molecule has 1 aromatic heterocycles. The zero-order chi connectivity index (χ0) is 19.0. The average molecular weight is 375 g/mol. The highest BCUT2D eigenvalue weighted by Crippen LogP contribution is 2.31. The normalized spacial score (nSPS) is 11.8. The molecule has 136 valence electrons. The van der Waals surface area contributed by atoms with E-state index in [1.807, 2.05) is 48.5 Å². The van der Waals surface area contributed by atoms with Gasteiger partial charge in [-0.15, -0.1) is 15.0 Å². The van der Waals surface area contributed by atoms with Gasteiger partial charge in [-0.1, -0.05) is 56.8 Å². The summed E-state index contributed by atoms with van der Waals surface area (Å²) >= 11 is 1.69. The minimum absolute atomic E-state index is 0.0193. The second kappa shape index (κ2) is 6.74. The first kappa shape index (κ1) is 17.6. The van der Waals surface area contributed by atoms with Crippen molar-refractivity contribution in [2.24, 2.45) is 0 Å². The molecule has 4 aromatic rings. The Labute approximate surface area is 162 Å². The molecular formula is C22H21N3OS. The van der Waals surface area contributed by atoms with Gasteiger partial charge in [-0.3, -0.25) is 0 Å². The van der Waals surface area contributed by atoms with Crippen LogP contribution in [0.15, 0.2) is 76.5 Å². The second-order valence-electron chi connectivity index (χ2n) is 7.51. The van der Waals surface area contributed by atoms with Gasteiger partial charge >= 0.3 is 0 Å². The number of benzene rings is 3. The maximum Gasteiger partial charge on any atom is 0.143 e. The Balaban J connectivity index is 1.72. The van der Waals surface area contributed by atoms with E-state index in [1.165, 1.54) is 9.69 Å². The fourth-order valence-corrected chi connectivity index (χ4v) is 3.71. The number of hydrogen-bond donors (Lipinski definition) is 1. The van der Waals surface area contributed by atoms with E-state index in [0.29, 0.717) is 5.69 Å². The summed E-state index contributed by atoms with van der Waals surface area (Å²) in [4.78, 5) is 3.81. The SMILES string of the molecule is CC(C)(C)c1ccc(O)c(-n2nc3ccc(Sc4ccccc4)cc3n2)c1. The molecule has 0 saturated heterocycles. The van der Waals surface area contributed by atoms with E-state index in [9.17, 15) is 5.11 Å². The Bertz CT molecular complexity index is 1100. The van der Waals surface area contributed by atoms with Gasteiger partial charge < -0.3 is 5.11 Å². The summed E-state index contributed by atoms with van der Waals surface area (Å²) in [6, 6.07) is 21.9. The van der Waals surface area contributed by atoms with Gasteiger partial charge in [0.15, 0.2) is 0 Å². The van der Waals surface area contributed by atoms with Gasteiger partial charge in [0.1, 0.15) is 22.5 Å². The van der Waals surface area contributed by atoms with Crippen LogP contribution in [0.5, 0.6) is 5.75 Å². The van der Waals surface area contributed by atoms with Gasteiger partial charge in [-0.25, -0.2) is 0 Å². The van der Waals surface area contributed by atoms with E-state index >= 15 is 0 Å². The first-order chi connectivity index (χ1) is 12.9. The van der Waals surface area contributed by atoms with Crippen LogP contribution in [0.1, 0.15) is 26.3 Å². The zero-order valence-electron chi connectivity index (χ0n) is 15.5. The van der Waals surface area contributed by atoms with E-state index in [-0.39, 0.29) is 11.2 Å². The summed E-state index contributed by atoms with van der Waals surface area (Å²) < 4.78 is 0. The zero-order valence-corrected chi connectivity index (χ0v) is 16.4. The first-order valence-corrected chi connectivity index (χ1v) is 9.66. The van der Waals surface area contributed by atoms with Crippen LogP contribution in [0, 0.1) is 0 Å². The Kier molecular flexibility index (Phi) is 4.40. The third-order valence-electron chi connectivity index (χ3n) is 4.39. The van der Waals surface area contributed by atoms with Gasteiger partial charge in [0.25, 0.3) is 0 Å². The molecule has 0 aliphatic rings. The number of fused-ring (bicyclic) bond motifs is 1. The van der Waals surface area contributed by atoms with E-state index in [0.717, 1.165) is 21.5 Å². The molecule has 27 heavy (non-hydrogen) atoms. The number of aromatic hydroxyl groups is 1. The molecule has 0 saturated carbocycles. The lowest BCUT2D eigenvalue weighted by Gasteiger charge is -2.19. The van der Waals surface area contributed by atoms with Crippen LogP contribution in [0.3, 0.4) is 0 Å². The van der Waals surface area contributed by atoms with Crippen molar-refractivity contribution in [2.45, 2.75) is 36.0 Å². The molecule has 1 heterocycles. The van der Waals surface area contributed by atoms with E-state index in [2.05, 4.69) is 43.1 Å².